The summed E-state index contributed by atoms with van der Waals surface area (Å²) in [6, 6.07) is 8.71. The first kappa shape index (κ1) is 14.1. The third kappa shape index (κ3) is 3.00. The van der Waals surface area contributed by atoms with E-state index in [-0.39, 0.29) is 11.6 Å². The van der Waals surface area contributed by atoms with Crippen molar-refractivity contribution in [2.75, 3.05) is 0 Å². The van der Waals surface area contributed by atoms with E-state index in [9.17, 15) is 8.78 Å². The second kappa shape index (κ2) is 5.77. The van der Waals surface area contributed by atoms with Gasteiger partial charge in [0.15, 0.2) is 0 Å². The zero-order valence-electron chi connectivity index (χ0n) is 10.3. The maximum atomic E-state index is 13.6. The van der Waals surface area contributed by atoms with Crippen molar-refractivity contribution in [2.45, 2.75) is 13.0 Å². The predicted molar refractivity (Wildman–Crippen MR) is 74.4 cm³/mol. The Morgan fingerprint density at radius 2 is 1.89 bits per heavy atom. The number of rotatable bonds is 3. The maximum absolute atomic E-state index is 13.6. The SMILES string of the molecule is Cc1ccc(F)cc1C(NN)c1ccc(Br)c(F)c1. The van der Waals surface area contributed by atoms with Crippen LogP contribution in [0.1, 0.15) is 22.7 Å². The molecule has 19 heavy (non-hydrogen) atoms. The molecule has 5 heteroatoms. The second-order valence-electron chi connectivity index (χ2n) is 4.27. The van der Waals surface area contributed by atoms with Crippen LogP contribution in [0.4, 0.5) is 8.78 Å². The first-order valence-corrected chi connectivity index (χ1v) is 6.49. The van der Waals surface area contributed by atoms with Crippen molar-refractivity contribution in [3.05, 3.63) is 69.2 Å². The number of halogens is 3. The van der Waals surface area contributed by atoms with Gasteiger partial charge in [-0.15, -0.1) is 0 Å². The normalized spacial score (nSPS) is 12.5. The van der Waals surface area contributed by atoms with Crippen LogP contribution in [0, 0.1) is 18.6 Å². The largest absolute Gasteiger partial charge is 0.271 e. The average molecular weight is 327 g/mol. The fourth-order valence-corrected chi connectivity index (χ4v) is 2.23. The van der Waals surface area contributed by atoms with E-state index in [1.165, 1.54) is 18.2 Å². The number of nitrogens with one attached hydrogen (secondary N) is 1. The minimum atomic E-state index is -0.460. The van der Waals surface area contributed by atoms with E-state index < -0.39 is 6.04 Å². The molecule has 0 heterocycles. The quantitative estimate of drug-likeness (QED) is 0.668. The molecule has 0 fully saturated rings. The lowest BCUT2D eigenvalue weighted by molar-refractivity contribution is 0.590. The molecule has 2 rings (SSSR count). The Kier molecular flexibility index (Phi) is 4.29. The number of hydrazine groups is 1. The highest BCUT2D eigenvalue weighted by molar-refractivity contribution is 9.10. The highest BCUT2D eigenvalue weighted by atomic mass is 79.9. The van der Waals surface area contributed by atoms with Crippen LogP contribution in [0.3, 0.4) is 0 Å². The van der Waals surface area contributed by atoms with E-state index in [0.717, 1.165) is 5.56 Å². The van der Waals surface area contributed by atoms with Crippen LogP contribution in [0.5, 0.6) is 0 Å². The van der Waals surface area contributed by atoms with Crippen molar-refractivity contribution in [1.29, 1.82) is 0 Å². The molecule has 0 radical (unpaired) electrons. The topological polar surface area (TPSA) is 38.0 Å². The Hall–Kier alpha value is -1.30. The highest BCUT2D eigenvalue weighted by Gasteiger charge is 2.16. The summed E-state index contributed by atoms with van der Waals surface area (Å²) in [6.45, 7) is 1.86. The van der Waals surface area contributed by atoms with Gasteiger partial charge in [-0.2, -0.15) is 0 Å². The van der Waals surface area contributed by atoms with Gasteiger partial charge in [-0.25, -0.2) is 14.2 Å². The zero-order valence-corrected chi connectivity index (χ0v) is 11.8. The number of benzene rings is 2. The van der Waals surface area contributed by atoms with E-state index in [1.807, 2.05) is 6.92 Å². The second-order valence-corrected chi connectivity index (χ2v) is 5.13. The Labute approximate surface area is 118 Å². The van der Waals surface area contributed by atoms with Gasteiger partial charge in [0, 0.05) is 0 Å². The summed E-state index contributed by atoms with van der Waals surface area (Å²) in [6.07, 6.45) is 0. The summed E-state index contributed by atoms with van der Waals surface area (Å²) in [4.78, 5) is 0. The molecular formula is C14H13BrF2N2. The summed E-state index contributed by atoms with van der Waals surface area (Å²) < 4.78 is 27.3. The molecule has 0 spiro atoms. The van der Waals surface area contributed by atoms with Gasteiger partial charge in [-0.3, -0.25) is 5.84 Å². The summed E-state index contributed by atoms with van der Waals surface area (Å²) in [5, 5.41) is 0. The molecule has 1 atom stereocenters. The van der Waals surface area contributed by atoms with Crippen LogP contribution in [0.2, 0.25) is 0 Å². The van der Waals surface area contributed by atoms with Gasteiger partial charge in [0.1, 0.15) is 11.6 Å². The molecule has 0 aromatic heterocycles. The van der Waals surface area contributed by atoms with Gasteiger partial charge in [-0.1, -0.05) is 12.1 Å². The van der Waals surface area contributed by atoms with Gasteiger partial charge in [0.25, 0.3) is 0 Å². The monoisotopic (exact) mass is 326 g/mol. The van der Waals surface area contributed by atoms with Crippen LogP contribution < -0.4 is 11.3 Å². The first-order chi connectivity index (χ1) is 9.02. The van der Waals surface area contributed by atoms with Gasteiger partial charge >= 0.3 is 0 Å². The molecular weight excluding hydrogens is 314 g/mol. The van der Waals surface area contributed by atoms with Crippen molar-refractivity contribution < 1.29 is 8.78 Å². The van der Waals surface area contributed by atoms with E-state index in [1.54, 1.807) is 18.2 Å². The Balaban J connectivity index is 2.49. The van der Waals surface area contributed by atoms with Crippen LogP contribution in [0.25, 0.3) is 0 Å². The summed E-state index contributed by atoms with van der Waals surface area (Å²) in [5.41, 5.74) is 4.80. The molecule has 0 bridgehead atoms. The summed E-state index contributed by atoms with van der Waals surface area (Å²) in [7, 11) is 0. The Morgan fingerprint density at radius 1 is 1.16 bits per heavy atom. The number of nitrogens with two attached hydrogens (primary N) is 1. The fourth-order valence-electron chi connectivity index (χ4n) is 1.98. The molecule has 2 aromatic rings. The number of hydrogen-bond acceptors (Lipinski definition) is 2. The Bertz CT molecular complexity index is 602. The van der Waals surface area contributed by atoms with Crippen LogP contribution in [-0.2, 0) is 0 Å². The lowest BCUT2D eigenvalue weighted by atomic mass is 9.95. The van der Waals surface area contributed by atoms with E-state index in [0.29, 0.717) is 15.6 Å². The third-order valence-corrected chi connectivity index (χ3v) is 3.64. The van der Waals surface area contributed by atoms with E-state index in [4.69, 9.17) is 5.84 Å². The zero-order chi connectivity index (χ0) is 14.0. The molecule has 0 saturated heterocycles. The number of aryl methyl sites for hydroxylation is 1. The highest BCUT2D eigenvalue weighted by Crippen LogP contribution is 2.27. The van der Waals surface area contributed by atoms with Gasteiger partial charge in [0.2, 0.25) is 0 Å². The van der Waals surface area contributed by atoms with Crippen molar-refractivity contribution >= 4 is 15.9 Å². The van der Waals surface area contributed by atoms with Crippen LogP contribution in [-0.4, -0.2) is 0 Å². The molecule has 3 N–H and O–H groups in total. The lowest BCUT2D eigenvalue weighted by Crippen LogP contribution is -2.29. The molecule has 100 valence electrons. The molecule has 2 nitrogen and oxygen atoms in total. The maximum Gasteiger partial charge on any atom is 0.137 e. The Morgan fingerprint density at radius 3 is 2.53 bits per heavy atom. The van der Waals surface area contributed by atoms with Crippen molar-refractivity contribution in [3.8, 4) is 0 Å². The predicted octanol–water partition coefficient (Wildman–Crippen LogP) is 3.59. The fraction of sp³-hybridized carbons (Fsp3) is 0.143. The van der Waals surface area contributed by atoms with E-state index >= 15 is 0 Å². The van der Waals surface area contributed by atoms with Crippen LogP contribution >= 0.6 is 15.9 Å². The first-order valence-electron chi connectivity index (χ1n) is 5.70. The lowest BCUT2D eigenvalue weighted by Gasteiger charge is -2.19. The average Bonchev–Trinajstić information content (AvgIpc) is 2.38. The molecule has 0 amide bonds. The van der Waals surface area contributed by atoms with Crippen molar-refractivity contribution in [3.63, 3.8) is 0 Å². The molecule has 0 aliphatic rings. The smallest absolute Gasteiger partial charge is 0.137 e. The van der Waals surface area contributed by atoms with Crippen LogP contribution in [0.15, 0.2) is 40.9 Å². The minimum absolute atomic E-state index is 0.349. The van der Waals surface area contributed by atoms with Gasteiger partial charge < -0.3 is 0 Å². The summed E-state index contributed by atoms with van der Waals surface area (Å²) in [5.74, 6) is 4.81. The van der Waals surface area contributed by atoms with Crippen molar-refractivity contribution in [1.82, 2.24) is 5.43 Å². The van der Waals surface area contributed by atoms with Gasteiger partial charge in [0.05, 0.1) is 10.5 Å². The third-order valence-electron chi connectivity index (χ3n) is 3.00. The van der Waals surface area contributed by atoms with Gasteiger partial charge in [-0.05, 0) is 63.8 Å². The number of hydrogen-bond donors (Lipinski definition) is 2. The van der Waals surface area contributed by atoms with E-state index in [2.05, 4.69) is 21.4 Å². The summed E-state index contributed by atoms with van der Waals surface area (Å²) >= 11 is 3.10. The standard InChI is InChI=1S/C14H13BrF2N2/c1-8-2-4-10(16)7-11(8)14(19-18)9-3-5-12(15)13(17)6-9/h2-7,14,19H,18H2,1H3. The molecule has 0 aliphatic heterocycles. The molecule has 0 saturated carbocycles. The van der Waals surface area contributed by atoms with Crippen molar-refractivity contribution in [2.24, 2.45) is 5.84 Å². The molecule has 2 aromatic carbocycles. The molecule has 0 aliphatic carbocycles. The minimum Gasteiger partial charge on any atom is -0.271 e. The molecule has 1 unspecified atom stereocenters.